The Labute approximate surface area is 218 Å². The van der Waals surface area contributed by atoms with E-state index < -0.39 is 35.6 Å². The first-order valence-electron chi connectivity index (χ1n) is 11.6. The number of alkyl carbamates (subject to hydrolysis) is 1. The van der Waals surface area contributed by atoms with E-state index in [1.807, 2.05) is 32.0 Å². The number of carbonyl (C=O) groups excluding carboxylic acids is 3. The molecule has 2 atom stereocenters. The van der Waals surface area contributed by atoms with Gasteiger partial charge >= 0.3 is 6.09 Å². The second-order valence-corrected chi connectivity index (χ2v) is 9.78. The molecule has 9 heteroatoms. The second kappa shape index (κ2) is 12.5. The van der Waals surface area contributed by atoms with Gasteiger partial charge in [-0.25, -0.2) is 4.79 Å². The van der Waals surface area contributed by atoms with Gasteiger partial charge in [-0.1, -0.05) is 36.4 Å². The van der Waals surface area contributed by atoms with Gasteiger partial charge in [-0.2, -0.15) is 12.6 Å². The fourth-order valence-corrected chi connectivity index (χ4v) is 3.88. The van der Waals surface area contributed by atoms with Crippen LogP contribution >= 0.6 is 12.6 Å². The molecule has 8 nitrogen and oxygen atoms in total. The number of hydrogen-bond acceptors (Lipinski definition) is 6. The summed E-state index contributed by atoms with van der Waals surface area (Å²) in [5, 5.41) is 15.3. The number of benzene rings is 2. The van der Waals surface area contributed by atoms with Crippen molar-refractivity contribution in [2.24, 2.45) is 0 Å². The van der Waals surface area contributed by atoms with Gasteiger partial charge in [0.2, 0.25) is 5.91 Å². The fraction of sp³-hybridized carbons (Fsp3) is 0.370. The number of nitrogens with zero attached hydrogens (tertiary/aromatic N) is 1. The van der Waals surface area contributed by atoms with Gasteiger partial charge in [-0.3, -0.25) is 9.59 Å². The van der Waals surface area contributed by atoms with E-state index in [1.54, 1.807) is 32.9 Å². The number of aryl methyl sites for hydroxylation is 2. The molecule has 0 radical (unpaired) electrons. The van der Waals surface area contributed by atoms with Crippen LogP contribution in [-0.2, 0) is 14.3 Å². The fourth-order valence-electron chi connectivity index (χ4n) is 3.63. The van der Waals surface area contributed by atoms with Gasteiger partial charge in [0, 0.05) is 18.0 Å². The maximum atomic E-state index is 13.7. The summed E-state index contributed by atoms with van der Waals surface area (Å²) >= 11 is 4.25. The Hall–Kier alpha value is -3.46. The maximum absolute atomic E-state index is 13.7. The zero-order valence-electron chi connectivity index (χ0n) is 21.4. The summed E-state index contributed by atoms with van der Waals surface area (Å²) in [5.41, 5.74) is 2.11. The largest absolute Gasteiger partial charge is 0.508 e. The zero-order valence-corrected chi connectivity index (χ0v) is 22.3. The molecule has 0 saturated heterocycles. The third kappa shape index (κ3) is 7.78. The Morgan fingerprint density at radius 3 is 2.19 bits per heavy atom. The summed E-state index contributed by atoms with van der Waals surface area (Å²) in [7, 11) is 0. The zero-order chi connectivity index (χ0) is 27.0. The number of ether oxygens (including phenoxy) is 1. The average molecular weight is 514 g/mol. The van der Waals surface area contributed by atoms with Crippen molar-refractivity contribution < 1.29 is 24.2 Å². The highest BCUT2D eigenvalue weighted by Gasteiger charge is 2.35. The van der Waals surface area contributed by atoms with Crippen LogP contribution in [-0.4, -0.2) is 51.9 Å². The number of amides is 3. The second-order valence-electron chi connectivity index (χ2n) is 9.41. The molecule has 3 N–H and O–H groups in total. The van der Waals surface area contributed by atoms with E-state index in [0.717, 1.165) is 11.1 Å². The lowest BCUT2D eigenvalue weighted by Crippen LogP contribution is -2.53. The summed E-state index contributed by atoms with van der Waals surface area (Å²) in [5.74, 6) is -0.991. The van der Waals surface area contributed by atoms with Gasteiger partial charge in [0.05, 0.1) is 0 Å². The molecule has 0 bridgehead atoms. The number of hydrogen-bond donors (Lipinski definition) is 4. The normalized spacial score (nSPS) is 12.7. The third-order valence-electron chi connectivity index (χ3n) is 5.28. The molecular weight excluding hydrogens is 478 g/mol. The van der Waals surface area contributed by atoms with Crippen molar-refractivity contribution in [2.45, 2.75) is 52.3 Å². The van der Waals surface area contributed by atoms with Crippen LogP contribution in [0.1, 0.15) is 43.5 Å². The van der Waals surface area contributed by atoms with E-state index in [9.17, 15) is 19.5 Å². The monoisotopic (exact) mass is 513 g/mol. The van der Waals surface area contributed by atoms with Crippen LogP contribution in [0.2, 0.25) is 0 Å². The minimum absolute atomic E-state index is 0.0187. The first-order valence-corrected chi connectivity index (χ1v) is 12.2. The molecule has 0 spiro atoms. The number of rotatable bonds is 9. The van der Waals surface area contributed by atoms with Crippen molar-refractivity contribution in [1.82, 2.24) is 10.2 Å². The number of phenols is 1. The molecule has 0 aliphatic carbocycles. The Balaban J connectivity index is 2.47. The van der Waals surface area contributed by atoms with Crippen LogP contribution in [0.25, 0.3) is 0 Å². The SMILES string of the molecule is C=CCN(C(=O)C(CS)NC(=O)OC(C)(C)C)C(C(=O)Nc1c(C)cccc1C)c1ccc(O)cc1. The predicted molar refractivity (Wildman–Crippen MR) is 144 cm³/mol. The van der Waals surface area contributed by atoms with Crippen LogP contribution in [0.15, 0.2) is 55.1 Å². The number of phenolic OH excluding ortho intramolecular Hbond substituents is 1. The number of nitrogens with one attached hydrogen (secondary N) is 2. The van der Waals surface area contributed by atoms with E-state index in [2.05, 4.69) is 29.8 Å². The van der Waals surface area contributed by atoms with Gasteiger partial charge in [0.15, 0.2) is 0 Å². The van der Waals surface area contributed by atoms with Gasteiger partial charge in [0.1, 0.15) is 23.4 Å². The van der Waals surface area contributed by atoms with Crippen LogP contribution in [0.4, 0.5) is 10.5 Å². The molecule has 0 heterocycles. The van der Waals surface area contributed by atoms with Gasteiger partial charge in [-0.15, -0.1) is 6.58 Å². The van der Waals surface area contributed by atoms with E-state index in [1.165, 1.54) is 23.1 Å². The first-order chi connectivity index (χ1) is 16.9. The van der Waals surface area contributed by atoms with Crippen LogP contribution < -0.4 is 10.6 Å². The molecule has 2 rings (SSSR count). The van der Waals surface area contributed by atoms with Crippen molar-refractivity contribution in [1.29, 1.82) is 0 Å². The average Bonchev–Trinajstić information content (AvgIpc) is 2.79. The highest BCUT2D eigenvalue weighted by atomic mass is 32.1. The third-order valence-corrected chi connectivity index (χ3v) is 5.64. The molecule has 3 amide bonds. The van der Waals surface area contributed by atoms with Gasteiger partial charge in [0.25, 0.3) is 5.91 Å². The maximum Gasteiger partial charge on any atom is 0.408 e. The van der Waals surface area contributed by atoms with Crippen LogP contribution in [0.5, 0.6) is 5.75 Å². The summed E-state index contributed by atoms with van der Waals surface area (Å²) in [6, 6.07) is 9.55. The topological polar surface area (TPSA) is 108 Å². The minimum Gasteiger partial charge on any atom is -0.508 e. The Morgan fingerprint density at radius 1 is 1.11 bits per heavy atom. The molecular formula is C27H35N3O5S. The lowest BCUT2D eigenvalue weighted by Gasteiger charge is -2.33. The summed E-state index contributed by atoms with van der Waals surface area (Å²) in [4.78, 5) is 41.1. The highest BCUT2D eigenvalue weighted by molar-refractivity contribution is 7.80. The van der Waals surface area contributed by atoms with Crippen LogP contribution in [0, 0.1) is 13.8 Å². The molecule has 36 heavy (non-hydrogen) atoms. The number of aromatic hydroxyl groups is 1. The van der Waals surface area contributed by atoms with Gasteiger partial charge < -0.3 is 25.4 Å². The molecule has 0 aliphatic rings. The summed E-state index contributed by atoms with van der Waals surface area (Å²) < 4.78 is 5.29. The van der Waals surface area contributed by atoms with Crippen molar-refractivity contribution in [3.8, 4) is 5.75 Å². The van der Waals surface area contributed by atoms with Crippen molar-refractivity contribution >= 4 is 36.2 Å². The number of para-hydroxylation sites is 1. The molecule has 194 valence electrons. The molecule has 0 aliphatic heterocycles. The number of carbonyl (C=O) groups is 3. The lowest BCUT2D eigenvalue weighted by molar-refractivity contribution is -0.139. The Bertz CT molecular complexity index is 1080. The number of anilines is 1. The molecule has 2 aromatic rings. The minimum atomic E-state index is -1.09. The Morgan fingerprint density at radius 2 is 1.69 bits per heavy atom. The summed E-state index contributed by atoms with van der Waals surface area (Å²) in [6.07, 6.45) is 0.732. The summed E-state index contributed by atoms with van der Waals surface area (Å²) in [6.45, 7) is 12.7. The predicted octanol–water partition coefficient (Wildman–Crippen LogP) is 4.53. The van der Waals surface area contributed by atoms with E-state index in [-0.39, 0.29) is 18.0 Å². The molecule has 2 aromatic carbocycles. The number of thiol groups is 1. The Kier molecular flexibility index (Phi) is 9.98. The molecule has 0 fully saturated rings. The standard InChI is InChI=1S/C27H35N3O5S/c1-7-15-30(25(33)21(16-36)28-26(34)35-27(4,5)6)23(19-11-13-20(31)14-12-19)24(32)29-22-17(2)9-8-10-18(22)3/h7-14,21,23,31,36H,1,15-16H2,2-6H3,(H,28,34)(H,29,32). The van der Waals surface area contributed by atoms with Crippen molar-refractivity contribution in [3.05, 3.63) is 71.8 Å². The quantitative estimate of drug-likeness (QED) is 0.291. The van der Waals surface area contributed by atoms with E-state index >= 15 is 0 Å². The van der Waals surface area contributed by atoms with E-state index in [4.69, 9.17) is 4.74 Å². The van der Waals surface area contributed by atoms with E-state index in [0.29, 0.717) is 11.3 Å². The lowest BCUT2D eigenvalue weighted by atomic mass is 10.0. The molecule has 0 saturated carbocycles. The van der Waals surface area contributed by atoms with Gasteiger partial charge in [-0.05, 0) is 63.4 Å². The molecule has 0 aromatic heterocycles. The van der Waals surface area contributed by atoms with Crippen LogP contribution in [0.3, 0.4) is 0 Å². The van der Waals surface area contributed by atoms with Crippen molar-refractivity contribution in [2.75, 3.05) is 17.6 Å². The smallest absolute Gasteiger partial charge is 0.408 e. The molecule has 2 unspecified atom stereocenters. The highest BCUT2D eigenvalue weighted by Crippen LogP contribution is 2.28. The van der Waals surface area contributed by atoms with Crippen molar-refractivity contribution in [3.63, 3.8) is 0 Å². The first kappa shape index (κ1) is 28.8.